The molecule has 0 saturated carbocycles. The number of nitrogens with one attached hydrogen (secondary N) is 1. The number of ether oxygens (including phenoxy) is 1. The number of carbonyl (C=O) groups excluding carboxylic acids is 1. The molecule has 7 heteroatoms. The molecule has 0 bridgehead atoms. The number of anilines is 1. The number of esters is 1. The maximum atomic E-state index is 11.7. The predicted molar refractivity (Wildman–Crippen MR) is 78.7 cm³/mol. The Labute approximate surface area is 123 Å². The second-order valence-corrected chi connectivity index (χ2v) is 4.76. The minimum Gasteiger partial charge on any atom is -0.462 e. The summed E-state index contributed by atoms with van der Waals surface area (Å²) in [4.78, 5) is 20.2. The van der Waals surface area contributed by atoms with Crippen molar-refractivity contribution in [2.24, 2.45) is 0 Å². The van der Waals surface area contributed by atoms with Crippen LogP contribution >= 0.6 is 0 Å². The van der Waals surface area contributed by atoms with Crippen LogP contribution in [0.1, 0.15) is 42.6 Å². The van der Waals surface area contributed by atoms with Crippen LogP contribution in [-0.4, -0.2) is 39.4 Å². The van der Waals surface area contributed by atoms with Gasteiger partial charge in [-0.3, -0.25) is 0 Å². The van der Waals surface area contributed by atoms with Crippen LogP contribution in [0.4, 0.5) is 5.82 Å². The van der Waals surface area contributed by atoms with Crippen molar-refractivity contribution in [3.8, 4) is 5.82 Å². The van der Waals surface area contributed by atoms with Crippen LogP contribution in [0.5, 0.6) is 0 Å². The number of aromatic nitrogens is 4. The molecule has 21 heavy (non-hydrogen) atoms. The lowest BCUT2D eigenvalue weighted by Crippen LogP contribution is -2.10. The molecule has 0 aliphatic rings. The monoisotopic (exact) mass is 289 g/mol. The second-order valence-electron chi connectivity index (χ2n) is 4.76. The molecule has 0 fully saturated rings. The fourth-order valence-corrected chi connectivity index (χ4v) is 2.06. The summed E-state index contributed by atoms with van der Waals surface area (Å²) in [6.45, 7) is 6.21. The molecule has 0 saturated heterocycles. The first kappa shape index (κ1) is 15.0. The number of hydrogen-bond donors (Lipinski definition) is 1. The molecule has 0 aliphatic heterocycles. The second kappa shape index (κ2) is 6.34. The normalized spacial score (nSPS) is 10.7. The van der Waals surface area contributed by atoms with Crippen LogP contribution in [0.25, 0.3) is 5.82 Å². The van der Waals surface area contributed by atoms with Gasteiger partial charge in [0.1, 0.15) is 12.1 Å². The summed E-state index contributed by atoms with van der Waals surface area (Å²) in [6, 6.07) is 0. The van der Waals surface area contributed by atoms with Crippen LogP contribution in [0.15, 0.2) is 18.7 Å². The predicted octanol–water partition coefficient (Wildman–Crippen LogP) is 2.00. The SMILES string of the molecule is CCOC(=O)c1cnn(-c2ncnc(NC)c2C(C)C)c1. The van der Waals surface area contributed by atoms with E-state index >= 15 is 0 Å². The van der Waals surface area contributed by atoms with E-state index in [9.17, 15) is 4.79 Å². The van der Waals surface area contributed by atoms with E-state index in [4.69, 9.17) is 4.74 Å². The van der Waals surface area contributed by atoms with Gasteiger partial charge in [-0.1, -0.05) is 13.8 Å². The summed E-state index contributed by atoms with van der Waals surface area (Å²) in [5.41, 5.74) is 1.34. The van der Waals surface area contributed by atoms with Crippen LogP contribution in [0, 0.1) is 0 Å². The molecule has 2 heterocycles. The molecule has 2 aromatic rings. The van der Waals surface area contributed by atoms with Gasteiger partial charge < -0.3 is 10.1 Å². The summed E-state index contributed by atoms with van der Waals surface area (Å²) < 4.78 is 6.54. The van der Waals surface area contributed by atoms with Gasteiger partial charge >= 0.3 is 5.97 Å². The maximum absolute atomic E-state index is 11.7. The van der Waals surface area contributed by atoms with Crippen molar-refractivity contribution in [1.82, 2.24) is 19.7 Å². The highest BCUT2D eigenvalue weighted by atomic mass is 16.5. The summed E-state index contributed by atoms with van der Waals surface area (Å²) in [5, 5.41) is 7.26. The van der Waals surface area contributed by atoms with E-state index in [1.165, 1.54) is 12.5 Å². The smallest absolute Gasteiger partial charge is 0.341 e. The molecular formula is C14H19N5O2. The van der Waals surface area contributed by atoms with Gasteiger partial charge in [0.2, 0.25) is 0 Å². The maximum Gasteiger partial charge on any atom is 0.341 e. The molecule has 2 aromatic heterocycles. The average molecular weight is 289 g/mol. The number of carbonyl (C=O) groups is 1. The Morgan fingerprint density at radius 2 is 2.19 bits per heavy atom. The molecule has 2 rings (SSSR count). The van der Waals surface area contributed by atoms with E-state index in [1.807, 2.05) is 7.05 Å². The van der Waals surface area contributed by atoms with E-state index < -0.39 is 5.97 Å². The summed E-state index contributed by atoms with van der Waals surface area (Å²) in [6.07, 6.45) is 4.56. The van der Waals surface area contributed by atoms with E-state index in [0.717, 1.165) is 11.4 Å². The highest BCUT2D eigenvalue weighted by molar-refractivity contribution is 5.88. The molecule has 1 N–H and O–H groups in total. The van der Waals surface area contributed by atoms with Gasteiger partial charge in [-0.15, -0.1) is 0 Å². The van der Waals surface area contributed by atoms with E-state index in [2.05, 4.69) is 34.2 Å². The molecule has 0 aliphatic carbocycles. The quantitative estimate of drug-likeness (QED) is 0.848. The molecule has 0 amide bonds. The molecule has 0 radical (unpaired) electrons. The van der Waals surface area contributed by atoms with Gasteiger partial charge in [0, 0.05) is 18.8 Å². The third-order valence-electron chi connectivity index (χ3n) is 2.99. The molecule has 0 aromatic carbocycles. The van der Waals surface area contributed by atoms with Gasteiger partial charge in [-0.2, -0.15) is 5.10 Å². The fourth-order valence-electron chi connectivity index (χ4n) is 2.06. The van der Waals surface area contributed by atoms with Crippen molar-refractivity contribution in [1.29, 1.82) is 0 Å². The third-order valence-corrected chi connectivity index (χ3v) is 2.99. The number of nitrogens with zero attached hydrogens (tertiary/aromatic N) is 4. The molecule has 0 spiro atoms. The minimum absolute atomic E-state index is 0.207. The van der Waals surface area contributed by atoms with Crippen LogP contribution in [0.3, 0.4) is 0 Å². The molecule has 112 valence electrons. The Morgan fingerprint density at radius 1 is 1.43 bits per heavy atom. The van der Waals surface area contributed by atoms with Gasteiger partial charge in [-0.05, 0) is 12.8 Å². The van der Waals surface area contributed by atoms with Crippen molar-refractivity contribution >= 4 is 11.8 Å². The Bertz CT molecular complexity index is 636. The zero-order chi connectivity index (χ0) is 15.4. The third kappa shape index (κ3) is 3.01. The Kier molecular flexibility index (Phi) is 4.52. The van der Waals surface area contributed by atoms with Crippen molar-refractivity contribution in [3.63, 3.8) is 0 Å². The van der Waals surface area contributed by atoms with Gasteiger partial charge in [-0.25, -0.2) is 19.4 Å². The molecule has 0 unspecified atom stereocenters. The Balaban J connectivity index is 2.45. The molecular weight excluding hydrogens is 270 g/mol. The Hall–Kier alpha value is -2.44. The Morgan fingerprint density at radius 3 is 2.81 bits per heavy atom. The van der Waals surface area contributed by atoms with E-state index in [1.54, 1.807) is 17.8 Å². The standard InChI is InChI=1S/C14H19N5O2/c1-5-21-14(20)10-6-18-19(7-10)13-11(9(2)3)12(15-4)16-8-17-13/h6-9H,5H2,1-4H3,(H,15,16,17). The lowest BCUT2D eigenvalue weighted by atomic mass is 10.0. The average Bonchev–Trinajstić information content (AvgIpc) is 2.96. The summed E-state index contributed by atoms with van der Waals surface area (Å²) in [5.74, 6) is 1.22. The summed E-state index contributed by atoms with van der Waals surface area (Å²) >= 11 is 0. The van der Waals surface area contributed by atoms with Gasteiger partial charge in [0.15, 0.2) is 5.82 Å². The highest BCUT2D eigenvalue weighted by Crippen LogP contribution is 2.26. The van der Waals surface area contributed by atoms with Crippen LogP contribution in [-0.2, 0) is 4.74 Å². The van der Waals surface area contributed by atoms with E-state index in [-0.39, 0.29) is 5.92 Å². The first-order valence-corrected chi connectivity index (χ1v) is 6.83. The van der Waals surface area contributed by atoms with Crippen molar-refractivity contribution in [3.05, 3.63) is 29.8 Å². The lowest BCUT2D eigenvalue weighted by Gasteiger charge is -2.15. The molecule has 7 nitrogen and oxygen atoms in total. The lowest BCUT2D eigenvalue weighted by molar-refractivity contribution is 0.0526. The zero-order valence-electron chi connectivity index (χ0n) is 12.6. The van der Waals surface area contributed by atoms with Crippen LogP contribution in [0.2, 0.25) is 0 Å². The zero-order valence-corrected chi connectivity index (χ0v) is 12.6. The van der Waals surface area contributed by atoms with Crippen molar-refractivity contribution in [2.75, 3.05) is 19.0 Å². The van der Waals surface area contributed by atoms with Gasteiger partial charge in [0.25, 0.3) is 0 Å². The number of hydrogen-bond acceptors (Lipinski definition) is 6. The first-order chi connectivity index (χ1) is 10.1. The largest absolute Gasteiger partial charge is 0.462 e. The fraction of sp³-hybridized carbons (Fsp3) is 0.429. The van der Waals surface area contributed by atoms with Crippen LogP contribution < -0.4 is 5.32 Å². The van der Waals surface area contributed by atoms with Gasteiger partial charge in [0.05, 0.1) is 18.4 Å². The van der Waals surface area contributed by atoms with Crippen molar-refractivity contribution < 1.29 is 9.53 Å². The summed E-state index contributed by atoms with van der Waals surface area (Å²) in [7, 11) is 1.81. The topological polar surface area (TPSA) is 81.9 Å². The first-order valence-electron chi connectivity index (χ1n) is 6.83. The van der Waals surface area contributed by atoms with E-state index in [0.29, 0.717) is 18.0 Å². The van der Waals surface area contributed by atoms with Crippen molar-refractivity contribution in [2.45, 2.75) is 26.7 Å². The highest BCUT2D eigenvalue weighted by Gasteiger charge is 2.18. The number of rotatable bonds is 5. The molecule has 0 atom stereocenters. The minimum atomic E-state index is -0.391.